The molecule has 3 heteroatoms. The summed E-state index contributed by atoms with van der Waals surface area (Å²) in [5, 5.41) is 3.65. The van der Waals surface area contributed by atoms with E-state index < -0.39 is 0 Å². The molecule has 2 nitrogen and oxygen atoms in total. The molecule has 1 aliphatic heterocycles. The number of hydrogen-bond donors (Lipinski definition) is 1. The Morgan fingerprint density at radius 3 is 2.57 bits per heavy atom. The Morgan fingerprint density at radius 1 is 1.36 bits per heavy atom. The fourth-order valence-corrected chi connectivity index (χ4v) is 2.54. The maximum Gasteiger partial charge on any atom is 0.224 e. The minimum Gasteiger partial charge on any atom is -0.355 e. The second-order valence-electron chi connectivity index (χ2n) is 4.14. The quantitative estimate of drug-likeness (QED) is 0.747. The van der Waals surface area contributed by atoms with Crippen LogP contribution in [0.25, 0.3) is 0 Å². The molecule has 1 aromatic rings. The highest BCUT2D eigenvalue weighted by Crippen LogP contribution is 2.56. The van der Waals surface area contributed by atoms with Crippen LogP contribution in [0.1, 0.15) is 12.0 Å². The fraction of sp³-hybridized carbons (Fsp3) is 0.364. The van der Waals surface area contributed by atoms with Gasteiger partial charge >= 0.3 is 0 Å². The molecule has 1 N–H and O–H groups in total. The Bertz CT molecular complexity index is 400. The van der Waals surface area contributed by atoms with E-state index in [0.29, 0.717) is 0 Å². The molecular weight excluding hydrogens is 198 g/mol. The first kappa shape index (κ1) is 8.30. The summed E-state index contributed by atoms with van der Waals surface area (Å²) in [5.41, 5.74) is 1.34. The summed E-state index contributed by atoms with van der Waals surface area (Å²) in [5.74, 6) is 0.420. The van der Waals surface area contributed by atoms with Crippen molar-refractivity contribution in [2.75, 3.05) is 6.54 Å². The predicted octanol–water partition coefficient (Wildman–Crippen LogP) is 1.73. The third-order valence-corrected chi connectivity index (χ3v) is 3.64. The van der Waals surface area contributed by atoms with Gasteiger partial charge in [-0.25, -0.2) is 0 Å². The van der Waals surface area contributed by atoms with Crippen molar-refractivity contribution < 1.29 is 4.79 Å². The monoisotopic (exact) mass is 207 g/mol. The Hall–Kier alpha value is -1.02. The van der Waals surface area contributed by atoms with E-state index in [9.17, 15) is 4.79 Å². The summed E-state index contributed by atoms with van der Waals surface area (Å²) in [6, 6.07) is 7.85. The van der Waals surface area contributed by atoms with Gasteiger partial charge in [-0.3, -0.25) is 4.79 Å². The van der Waals surface area contributed by atoms with Gasteiger partial charge in [-0.05, 0) is 24.1 Å². The van der Waals surface area contributed by atoms with E-state index >= 15 is 0 Å². The van der Waals surface area contributed by atoms with Crippen molar-refractivity contribution in [3.63, 3.8) is 0 Å². The van der Waals surface area contributed by atoms with Gasteiger partial charge in [0.1, 0.15) is 0 Å². The van der Waals surface area contributed by atoms with Crippen molar-refractivity contribution in [1.29, 1.82) is 0 Å². The molecule has 0 bridgehead atoms. The highest BCUT2D eigenvalue weighted by molar-refractivity contribution is 6.30. The molecule has 1 heterocycles. The SMILES string of the molecule is O=C1NCC2(c3ccc(Cl)cc3)CC12. The van der Waals surface area contributed by atoms with E-state index in [1.165, 1.54) is 5.56 Å². The maximum absolute atomic E-state index is 11.3. The van der Waals surface area contributed by atoms with E-state index in [0.717, 1.165) is 18.0 Å². The first-order valence-electron chi connectivity index (χ1n) is 4.76. The third-order valence-electron chi connectivity index (χ3n) is 3.39. The van der Waals surface area contributed by atoms with E-state index in [-0.39, 0.29) is 17.2 Å². The van der Waals surface area contributed by atoms with Crippen LogP contribution in [0.15, 0.2) is 24.3 Å². The molecule has 1 aliphatic carbocycles. The molecule has 2 unspecified atom stereocenters. The second-order valence-corrected chi connectivity index (χ2v) is 4.57. The average Bonchev–Trinajstić information content (AvgIpc) is 2.84. The van der Waals surface area contributed by atoms with Crippen LogP contribution in [0.5, 0.6) is 0 Å². The largest absolute Gasteiger partial charge is 0.355 e. The van der Waals surface area contributed by atoms with Crippen molar-refractivity contribution in [2.45, 2.75) is 11.8 Å². The number of halogens is 1. The average molecular weight is 208 g/mol. The van der Waals surface area contributed by atoms with Crippen molar-refractivity contribution in [1.82, 2.24) is 5.32 Å². The Balaban J connectivity index is 1.98. The molecule has 0 radical (unpaired) electrons. The molecule has 0 aromatic heterocycles. The number of carbonyl (C=O) groups excluding carboxylic acids is 1. The van der Waals surface area contributed by atoms with Crippen LogP contribution in [0, 0.1) is 5.92 Å². The first-order valence-corrected chi connectivity index (χ1v) is 5.14. The van der Waals surface area contributed by atoms with Crippen LogP contribution in [0.4, 0.5) is 0 Å². The van der Waals surface area contributed by atoms with E-state index in [4.69, 9.17) is 11.6 Å². The predicted molar refractivity (Wildman–Crippen MR) is 54.2 cm³/mol. The molecular formula is C11H10ClNO. The molecule has 3 rings (SSSR count). The summed E-state index contributed by atoms with van der Waals surface area (Å²) in [6.45, 7) is 0.790. The highest BCUT2D eigenvalue weighted by Gasteiger charge is 2.63. The molecule has 2 atom stereocenters. The normalized spacial score (nSPS) is 33.8. The minimum atomic E-state index is 0.0989. The zero-order valence-electron chi connectivity index (χ0n) is 7.59. The molecule has 0 spiro atoms. The Kier molecular flexibility index (Phi) is 1.49. The van der Waals surface area contributed by atoms with Gasteiger partial charge < -0.3 is 5.32 Å². The summed E-state index contributed by atoms with van der Waals surface area (Å²) >= 11 is 5.82. The van der Waals surface area contributed by atoms with E-state index in [2.05, 4.69) is 5.32 Å². The number of hydrogen-bond acceptors (Lipinski definition) is 1. The van der Waals surface area contributed by atoms with Crippen LogP contribution in [0.2, 0.25) is 5.02 Å². The summed E-state index contributed by atoms with van der Waals surface area (Å²) < 4.78 is 0. The Morgan fingerprint density at radius 2 is 2.07 bits per heavy atom. The van der Waals surface area contributed by atoms with Gasteiger partial charge in [-0.1, -0.05) is 23.7 Å². The van der Waals surface area contributed by atoms with Crippen LogP contribution in [-0.4, -0.2) is 12.5 Å². The number of nitrogens with one attached hydrogen (secondary N) is 1. The molecule has 2 fully saturated rings. The summed E-state index contributed by atoms with van der Waals surface area (Å²) in [4.78, 5) is 11.3. The smallest absolute Gasteiger partial charge is 0.224 e. The fourth-order valence-electron chi connectivity index (χ4n) is 2.42. The lowest BCUT2D eigenvalue weighted by Gasteiger charge is -2.10. The zero-order chi connectivity index (χ0) is 9.76. The zero-order valence-corrected chi connectivity index (χ0v) is 8.34. The summed E-state index contributed by atoms with van der Waals surface area (Å²) in [7, 11) is 0. The number of piperidine rings is 1. The summed E-state index contributed by atoms with van der Waals surface area (Å²) in [6.07, 6.45) is 1.00. The lowest BCUT2D eigenvalue weighted by Crippen LogP contribution is -2.22. The molecule has 2 aliphatic rings. The van der Waals surface area contributed by atoms with Gasteiger partial charge in [0, 0.05) is 17.0 Å². The maximum atomic E-state index is 11.3. The second kappa shape index (κ2) is 2.51. The lowest BCUT2D eigenvalue weighted by molar-refractivity contribution is -0.120. The van der Waals surface area contributed by atoms with Gasteiger partial charge in [-0.15, -0.1) is 0 Å². The molecule has 1 aromatic carbocycles. The van der Waals surface area contributed by atoms with E-state index in [1.807, 2.05) is 24.3 Å². The van der Waals surface area contributed by atoms with Gasteiger partial charge in [0.25, 0.3) is 0 Å². The molecule has 1 saturated carbocycles. The first-order chi connectivity index (χ1) is 6.72. The lowest BCUT2D eigenvalue weighted by atomic mass is 9.95. The standard InChI is InChI=1S/C11H10ClNO/c12-8-3-1-7(2-4-8)11-5-9(11)10(14)13-6-11/h1-4,9H,5-6H2,(H,13,14). The van der Waals surface area contributed by atoms with Crippen molar-refractivity contribution >= 4 is 17.5 Å². The molecule has 72 valence electrons. The minimum absolute atomic E-state index is 0.0989. The Labute approximate surface area is 87.3 Å². The molecule has 1 amide bonds. The molecule has 1 saturated heterocycles. The van der Waals surface area contributed by atoms with Crippen molar-refractivity contribution in [3.8, 4) is 0 Å². The van der Waals surface area contributed by atoms with Crippen molar-refractivity contribution in [2.24, 2.45) is 5.92 Å². The molecule has 14 heavy (non-hydrogen) atoms. The topological polar surface area (TPSA) is 29.1 Å². The van der Waals surface area contributed by atoms with Gasteiger partial charge in [-0.2, -0.15) is 0 Å². The van der Waals surface area contributed by atoms with Crippen LogP contribution in [0.3, 0.4) is 0 Å². The van der Waals surface area contributed by atoms with E-state index in [1.54, 1.807) is 0 Å². The van der Waals surface area contributed by atoms with Crippen LogP contribution in [-0.2, 0) is 10.2 Å². The van der Waals surface area contributed by atoms with Crippen LogP contribution < -0.4 is 5.32 Å². The third kappa shape index (κ3) is 0.947. The number of rotatable bonds is 1. The number of benzene rings is 1. The van der Waals surface area contributed by atoms with Crippen LogP contribution >= 0.6 is 11.6 Å². The number of fused-ring (bicyclic) bond motifs is 1. The van der Waals surface area contributed by atoms with Crippen molar-refractivity contribution in [3.05, 3.63) is 34.9 Å². The highest BCUT2D eigenvalue weighted by atomic mass is 35.5. The van der Waals surface area contributed by atoms with Gasteiger partial charge in [0.05, 0.1) is 5.92 Å². The van der Waals surface area contributed by atoms with Gasteiger partial charge in [0.2, 0.25) is 5.91 Å². The number of carbonyl (C=O) groups is 1. The van der Waals surface area contributed by atoms with Gasteiger partial charge in [0.15, 0.2) is 0 Å². The number of amides is 1.